The van der Waals surface area contributed by atoms with Crippen LogP contribution in [0.15, 0.2) is 42.5 Å². The van der Waals surface area contributed by atoms with Crippen LogP contribution in [0.3, 0.4) is 0 Å². The summed E-state index contributed by atoms with van der Waals surface area (Å²) in [5.74, 6) is -4.74. The van der Waals surface area contributed by atoms with Crippen molar-refractivity contribution in [2.45, 2.75) is 63.9 Å². The van der Waals surface area contributed by atoms with Crippen molar-refractivity contribution in [3.63, 3.8) is 0 Å². The van der Waals surface area contributed by atoms with Crippen molar-refractivity contribution >= 4 is 41.2 Å². The molecule has 2 aromatic carbocycles. The molecular weight excluding hydrogens is 556 g/mol. The molecule has 1 aliphatic carbocycles. The van der Waals surface area contributed by atoms with Gasteiger partial charge < -0.3 is 24.3 Å². The number of imide groups is 1. The second kappa shape index (κ2) is 10.7. The highest BCUT2D eigenvalue weighted by molar-refractivity contribution is 6.24. The van der Waals surface area contributed by atoms with Gasteiger partial charge in [0, 0.05) is 12.1 Å². The van der Waals surface area contributed by atoms with Crippen molar-refractivity contribution in [1.29, 1.82) is 0 Å². The number of nitrogens with zero attached hydrogens (tertiary/aromatic N) is 1. The van der Waals surface area contributed by atoms with Crippen LogP contribution in [0, 0.1) is 11.8 Å². The lowest BCUT2D eigenvalue weighted by Crippen LogP contribution is -2.56. The molecule has 0 bridgehead atoms. The highest BCUT2D eigenvalue weighted by Gasteiger charge is 2.77. The maximum Gasteiger partial charge on any atom is 0.421 e. The number of rotatable bonds is 6. The van der Waals surface area contributed by atoms with Gasteiger partial charge in [0.15, 0.2) is 0 Å². The smallest absolute Gasteiger partial charge is 0.421 e. The highest BCUT2D eigenvalue weighted by atomic mass is 16.6. The molecule has 2 aromatic rings. The molecule has 11 nitrogen and oxygen atoms in total. The maximum atomic E-state index is 15.0. The first kappa shape index (κ1) is 30.1. The third-order valence-corrected chi connectivity index (χ3v) is 8.49. The van der Waals surface area contributed by atoms with E-state index in [1.165, 1.54) is 7.11 Å². The van der Waals surface area contributed by atoms with E-state index in [1.807, 2.05) is 0 Å². The van der Waals surface area contributed by atoms with E-state index in [4.69, 9.17) is 18.9 Å². The summed E-state index contributed by atoms with van der Waals surface area (Å²) in [7, 11) is 1.45. The number of esters is 2. The van der Waals surface area contributed by atoms with Crippen LogP contribution in [0.2, 0.25) is 0 Å². The molecule has 11 heteroatoms. The molecule has 2 spiro atoms. The van der Waals surface area contributed by atoms with Gasteiger partial charge in [-0.2, -0.15) is 0 Å². The first-order valence-corrected chi connectivity index (χ1v) is 14.4. The number of carbonyl (C=O) groups is 5. The molecule has 1 N–H and O–H groups in total. The van der Waals surface area contributed by atoms with Gasteiger partial charge >= 0.3 is 18.0 Å². The molecule has 3 amide bonds. The van der Waals surface area contributed by atoms with Gasteiger partial charge in [-0.15, -0.1) is 0 Å². The molecule has 0 saturated heterocycles. The molecule has 1 saturated carbocycles. The maximum absolute atomic E-state index is 15.0. The average molecular weight is 593 g/mol. The summed E-state index contributed by atoms with van der Waals surface area (Å²) in [5.41, 5.74) is -3.00. The summed E-state index contributed by atoms with van der Waals surface area (Å²) in [6.07, 6.45) is -1.32. The number of para-hydroxylation sites is 1. The Hall–Kier alpha value is -4.41. The lowest BCUT2D eigenvalue weighted by atomic mass is 9.62. The Morgan fingerprint density at radius 1 is 1.00 bits per heavy atom. The van der Waals surface area contributed by atoms with Gasteiger partial charge in [-0.25, -0.2) is 9.69 Å². The van der Waals surface area contributed by atoms with Crippen molar-refractivity contribution in [3.8, 4) is 5.75 Å². The van der Waals surface area contributed by atoms with E-state index in [9.17, 15) is 19.2 Å². The zero-order chi connectivity index (χ0) is 31.3. The number of carbonyl (C=O) groups excluding carboxylic acids is 5. The monoisotopic (exact) mass is 592 g/mol. The minimum absolute atomic E-state index is 0.0256. The number of ether oxygens (including phenoxy) is 4. The van der Waals surface area contributed by atoms with Crippen LogP contribution in [-0.2, 0) is 44.2 Å². The van der Waals surface area contributed by atoms with Gasteiger partial charge in [-0.1, -0.05) is 18.2 Å². The van der Waals surface area contributed by atoms with Crippen LogP contribution in [0.1, 0.15) is 58.6 Å². The average Bonchev–Trinajstić information content (AvgIpc) is 3.49. The first-order valence-electron chi connectivity index (χ1n) is 14.4. The Bertz CT molecular complexity index is 1510. The lowest BCUT2D eigenvalue weighted by molar-refractivity contribution is -0.157. The fraction of sp³-hybridized carbons (Fsp3) is 0.469. The van der Waals surface area contributed by atoms with Gasteiger partial charge in [0.2, 0.25) is 11.8 Å². The zero-order valence-corrected chi connectivity index (χ0v) is 25.1. The number of amides is 3. The second-order valence-corrected chi connectivity index (χ2v) is 11.9. The lowest BCUT2D eigenvalue weighted by Gasteiger charge is -2.37. The summed E-state index contributed by atoms with van der Waals surface area (Å²) >= 11 is 0. The summed E-state index contributed by atoms with van der Waals surface area (Å²) in [4.78, 5) is 71.2. The van der Waals surface area contributed by atoms with E-state index in [0.717, 1.165) is 4.90 Å². The summed E-state index contributed by atoms with van der Waals surface area (Å²) < 4.78 is 22.1. The van der Waals surface area contributed by atoms with Crippen molar-refractivity contribution < 1.29 is 42.9 Å². The van der Waals surface area contributed by atoms with Crippen LogP contribution in [0.5, 0.6) is 5.75 Å². The molecule has 3 aliphatic rings. The number of methoxy groups -OCH3 is 1. The quantitative estimate of drug-likeness (QED) is 0.385. The molecule has 5 rings (SSSR count). The van der Waals surface area contributed by atoms with Crippen LogP contribution >= 0.6 is 0 Å². The van der Waals surface area contributed by atoms with E-state index in [0.29, 0.717) is 17.0 Å². The molecule has 43 heavy (non-hydrogen) atoms. The molecule has 1 fully saturated rings. The van der Waals surface area contributed by atoms with Crippen molar-refractivity contribution in [2.75, 3.05) is 30.5 Å². The topological polar surface area (TPSA) is 138 Å². The third kappa shape index (κ3) is 4.44. The minimum atomic E-state index is -1.89. The number of hydrogen-bond acceptors (Lipinski definition) is 9. The van der Waals surface area contributed by atoms with Crippen molar-refractivity contribution in [3.05, 3.63) is 53.6 Å². The van der Waals surface area contributed by atoms with E-state index >= 15 is 4.79 Å². The Morgan fingerprint density at radius 3 is 2.35 bits per heavy atom. The third-order valence-electron chi connectivity index (χ3n) is 8.49. The number of benzene rings is 2. The Balaban J connectivity index is 1.85. The number of nitrogens with one attached hydrogen (secondary N) is 1. The fourth-order valence-electron chi connectivity index (χ4n) is 7.13. The molecule has 4 atom stereocenters. The second-order valence-electron chi connectivity index (χ2n) is 11.9. The molecule has 228 valence electrons. The molecular formula is C32H36N2O9. The summed E-state index contributed by atoms with van der Waals surface area (Å²) in [6, 6.07) is 11.7. The van der Waals surface area contributed by atoms with Crippen molar-refractivity contribution in [2.24, 2.45) is 11.8 Å². The van der Waals surface area contributed by atoms with Gasteiger partial charge in [0.1, 0.15) is 11.4 Å². The molecule has 2 heterocycles. The minimum Gasteiger partial charge on any atom is -0.497 e. The van der Waals surface area contributed by atoms with Crippen LogP contribution in [-0.4, -0.2) is 55.8 Å². The van der Waals surface area contributed by atoms with Gasteiger partial charge in [-0.05, 0) is 82.3 Å². The summed E-state index contributed by atoms with van der Waals surface area (Å²) in [5, 5.41) is 2.88. The summed E-state index contributed by atoms with van der Waals surface area (Å²) in [6.45, 7) is 8.38. The largest absolute Gasteiger partial charge is 0.497 e. The number of hydrogen-bond donors (Lipinski definition) is 1. The van der Waals surface area contributed by atoms with E-state index in [1.54, 1.807) is 77.1 Å². The normalized spacial score (nSPS) is 25.4. The van der Waals surface area contributed by atoms with Crippen LogP contribution in [0.25, 0.3) is 0 Å². The van der Waals surface area contributed by atoms with Crippen LogP contribution < -0.4 is 15.0 Å². The molecule has 0 unspecified atom stereocenters. The van der Waals surface area contributed by atoms with Gasteiger partial charge in [0.05, 0.1) is 42.8 Å². The molecule has 2 aliphatic heterocycles. The standard InChI is InChI=1S/C32H36N2O9/c1-7-41-24(35)15-18-17-31(20-11-9-10-12-22(20)33-27(31)37)25(26(36)42-8-2)32(18)21-16-19(40-6)13-14-23(21)34(28(32)38)29(39)43-30(3,4)5/h9-14,16,18,25H,7-8,15,17H2,1-6H3,(H,33,37)/t18-,25-,31-,32-/m1/s1. The molecule has 0 aromatic heterocycles. The Kier molecular flexibility index (Phi) is 7.48. The van der Waals surface area contributed by atoms with Crippen LogP contribution in [0.4, 0.5) is 16.2 Å². The molecule has 0 radical (unpaired) electrons. The number of fused-ring (bicyclic) bond motifs is 4. The first-order chi connectivity index (χ1) is 20.4. The van der Waals surface area contributed by atoms with E-state index in [-0.39, 0.29) is 37.3 Å². The van der Waals surface area contributed by atoms with Gasteiger partial charge in [0.25, 0.3) is 0 Å². The fourth-order valence-corrected chi connectivity index (χ4v) is 7.13. The zero-order valence-electron chi connectivity index (χ0n) is 25.1. The highest BCUT2D eigenvalue weighted by Crippen LogP contribution is 2.67. The SMILES string of the molecule is CCOC(=O)C[C@@H]1C[C@]2(C(=O)Nc3ccccc32)[C@@H](C(=O)OCC)[C@@]12C(=O)N(C(=O)OC(C)(C)C)c1ccc(OC)cc12. The van der Waals surface area contributed by atoms with E-state index < -0.39 is 58.1 Å². The Labute approximate surface area is 249 Å². The van der Waals surface area contributed by atoms with E-state index in [2.05, 4.69) is 5.32 Å². The number of anilines is 2. The van der Waals surface area contributed by atoms with Crippen molar-refractivity contribution in [1.82, 2.24) is 0 Å². The predicted octanol–water partition coefficient (Wildman–Crippen LogP) is 4.26. The van der Waals surface area contributed by atoms with Gasteiger partial charge in [-0.3, -0.25) is 19.2 Å². The predicted molar refractivity (Wildman–Crippen MR) is 155 cm³/mol. The Morgan fingerprint density at radius 2 is 1.70 bits per heavy atom.